The third-order valence-electron chi connectivity index (χ3n) is 3.27. The summed E-state index contributed by atoms with van der Waals surface area (Å²) in [4.78, 5) is 4.50. The molecule has 3 rings (SSSR count). The summed E-state index contributed by atoms with van der Waals surface area (Å²) in [5.74, 6) is 1.56. The van der Waals surface area contributed by atoms with Crippen LogP contribution >= 0.6 is 0 Å². The predicted octanol–water partition coefficient (Wildman–Crippen LogP) is 2.12. The van der Waals surface area contributed by atoms with Crippen LogP contribution in [0.4, 0.5) is 0 Å². The first kappa shape index (κ1) is 11.9. The predicted molar refractivity (Wildman–Crippen MR) is 73.6 cm³/mol. The fourth-order valence-electron chi connectivity index (χ4n) is 2.21. The smallest absolute Gasteiger partial charge is 0.181 e. The van der Waals surface area contributed by atoms with Gasteiger partial charge in [0, 0.05) is 43.9 Å². The van der Waals surface area contributed by atoms with Crippen molar-refractivity contribution in [2.45, 2.75) is 6.61 Å². The molecule has 0 N–H and O–H groups in total. The zero-order chi connectivity index (χ0) is 13.4. The second kappa shape index (κ2) is 4.51. The molecule has 5 heteroatoms. The first-order chi connectivity index (χ1) is 9.19. The molecular formula is C14H16N4O. The van der Waals surface area contributed by atoms with E-state index >= 15 is 0 Å². The van der Waals surface area contributed by atoms with Gasteiger partial charge in [0.1, 0.15) is 6.61 Å². The van der Waals surface area contributed by atoms with Gasteiger partial charge in [-0.1, -0.05) is 0 Å². The average Bonchev–Trinajstić information content (AvgIpc) is 2.95. The largest absolute Gasteiger partial charge is 0.377 e. The van der Waals surface area contributed by atoms with Gasteiger partial charge in [0.2, 0.25) is 0 Å². The molecule has 0 radical (unpaired) electrons. The van der Waals surface area contributed by atoms with E-state index in [0.717, 1.165) is 17.2 Å². The van der Waals surface area contributed by atoms with E-state index in [0.29, 0.717) is 6.61 Å². The van der Waals surface area contributed by atoms with Crippen LogP contribution in [0, 0.1) is 0 Å². The molecule has 0 amide bonds. The van der Waals surface area contributed by atoms with Crippen molar-refractivity contribution < 1.29 is 4.74 Å². The second-order valence-corrected chi connectivity index (χ2v) is 4.61. The Bertz CT molecular complexity index is 726. The highest BCUT2D eigenvalue weighted by atomic mass is 16.5. The van der Waals surface area contributed by atoms with Crippen molar-refractivity contribution >= 4 is 10.9 Å². The Morgan fingerprint density at radius 2 is 2.05 bits per heavy atom. The molecule has 0 aliphatic carbocycles. The van der Waals surface area contributed by atoms with E-state index in [4.69, 9.17) is 4.74 Å². The molecule has 5 nitrogen and oxygen atoms in total. The van der Waals surface area contributed by atoms with Gasteiger partial charge < -0.3 is 9.30 Å². The lowest BCUT2D eigenvalue weighted by molar-refractivity contribution is 0.174. The fourth-order valence-corrected chi connectivity index (χ4v) is 2.21. The van der Waals surface area contributed by atoms with Crippen LogP contribution in [0.1, 0.15) is 5.82 Å². The van der Waals surface area contributed by atoms with E-state index in [1.807, 2.05) is 20.2 Å². The van der Waals surface area contributed by atoms with Crippen LogP contribution in [0.5, 0.6) is 0 Å². The molecule has 1 aromatic carbocycles. The van der Waals surface area contributed by atoms with Crippen molar-refractivity contribution in [2.24, 2.45) is 14.1 Å². The van der Waals surface area contributed by atoms with Gasteiger partial charge in [-0.2, -0.15) is 5.10 Å². The van der Waals surface area contributed by atoms with Crippen molar-refractivity contribution in [3.8, 4) is 11.4 Å². The number of nitrogens with zero attached hydrogens (tertiary/aromatic N) is 4. The molecule has 0 aliphatic rings. The standard InChI is InChI=1S/C14H16N4O/c1-17-7-6-10-8-11(4-5-12(10)17)14-15-13(9-19-3)18(2)16-14/h4-8H,9H2,1-3H3. The zero-order valence-electron chi connectivity index (χ0n) is 11.3. The van der Waals surface area contributed by atoms with E-state index in [-0.39, 0.29) is 0 Å². The number of ether oxygens (including phenoxy) is 1. The van der Waals surface area contributed by atoms with Crippen LogP contribution < -0.4 is 0 Å². The van der Waals surface area contributed by atoms with Gasteiger partial charge in [-0.15, -0.1) is 0 Å². The number of aryl methyl sites for hydroxylation is 2. The summed E-state index contributed by atoms with van der Waals surface area (Å²) in [7, 11) is 5.58. The van der Waals surface area contributed by atoms with Gasteiger partial charge >= 0.3 is 0 Å². The topological polar surface area (TPSA) is 44.9 Å². The fraction of sp³-hybridized carbons (Fsp3) is 0.286. The lowest BCUT2D eigenvalue weighted by Gasteiger charge is -1.98. The Kier molecular flexibility index (Phi) is 2.83. The maximum atomic E-state index is 5.10. The molecule has 19 heavy (non-hydrogen) atoms. The molecule has 98 valence electrons. The number of rotatable bonds is 3. The van der Waals surface area contributed by atoms with Gasteiger partial charge in [0.15, 0.2) is 11.6 Å². The van der Waals surface area contributed by atoms with Crippen molar-refractivity contribution in [1.82, 2.24) is 19.3 Å². The molecular weight excluding hydrogens is 240 g/mol. The Morgan fingerprint density at radius 1 is 1.21 bits per heavy atom. The monoisotopic (exact) mass is 256 g/mol. The summed E-state index contributed by atoms with van der Waals surface area (Å²) >= 11 is 0. The summed E-state index contributed by atoms with van der Waals surface area (Å²) in [5.41, 5.74) is 2.23. The normalized spacial score (nSPS) is 11.3. The highest BCUT2D eigenvalue weighted by molar-refractivity contribution is 5.84. The molecule has 0 aliphatic heterocycles. The molecule has 0 bridgehead atoms. The van der Waals surface area contributed by atoms with E-state index in [2.05, 4.69) is 39.0 Å². The van der Waals surface area contributed by atoms with E-state index in [1.165, 1.54) is 10.9 Å². The summed E-state index contributed by atoms with van der Waals surface area (Å²) in [6.45, 7) is 0.469. The van der Waals surface area contributed by atoms with Gasteiger partial charge in [0.25, 0.3) is 0 Å². The van der Waals surface area contributed by atoms with Gasteiger partial charge in [-0.25, -0.2) is 4.98 Å². The third kappa shape index (κ3) is 2.02. The van der Waals surface area contributed by atoms with Crippen molar-refractivity contribution in [2.75, 3.05) is 7.11 Å². The van der Waals surface area contributed by atoms with E-state index in [9.17, 15) is 0 Å². The van der Waals surface area contributed by atoms with E-state index in [1.54, 1.807) is 11.8 Å². The van der Waals surface area contributed by atoms with E-state index < -0.39 is 0 Å². The first-order valence-corrected chi connectivity index (χ1v) is 6.13. The molecule has 0 unspecified atom stereocenters. The second-order valence-electron chi connectivity index (χ2n) is 4.61. The van der Waals surface area contributed by atoms with Crippen molar-refractivity contribution in [3.63, 3.8) is 0 Å². The molecule has 2 heterocycles. The number of hydrogen-bond acceptors (Lipinski definition) is 3. The first-order valence-electron chi connectivity index (χ1n) is 6.13. The summed E-state index contributed by atoms with van der Waals surface area (Å²) in [5, 5.41) is 5.63. The minimum atomic E-state index is 0.469. The highest BCUT2D eigenvalue weighted by Crippen LogP contribution is 2.22. The molecule has 0 saturated carbocycles. The number of aromatic nitrogens is 4. The summed E-state index contributed by atoms with van der Waals surface area (Å²) in [6.07, 6.45) is 2.05. The molecule has 0 atom stereocenters. The summed E-state index contributed by atoms with van der Waals surface area (Å²) < 4.78 is 8.96. The van der Waals surface area contributed by atoms with Crippen LogP contribution in [-0.4, -0.2) is 26.4 Å². The molecule has 2 aromatic heterocycles. The Labute approximate surface area is 111 Å². The van der Waals surface area contributed by atoms with Crippen molar-refractivity contribution in [1.29, 1.82) is 0 Å². The lowest BCUT2D eigenvalue weighted by atomic mass is 10.1. The molecule has 3 aromatic rings. The summed E-state index contributed by atoms with van der Waals surface area (Å²) in [6, 6.07) is 8.35. The van der Waals surface area contributed by atoms with Gasteiger partial charge in [0.05, 0.1) is 0 Å². The SMILES string of the molecule is COCc1nc(-c2ccc3c(ccn3C)c2)nn1C. The zero-order valence-corrected chi connectivity index (χ0v) is 11.3. The quantitative estimate of drug-likeness (QED) is 0.721. The number of fused-ring (bicyclic) bond motifs is 1. The number of benzene rings is 1. The molecule has 0 spiro atoms. The highest BCUT2D eigenvalue weighted by Gasteiger charge is 2.10. The minimum Gasteiger partial charge on any atom is -0.377 e. The van der Waals surface area contributed by atoms with Crippen LogP contribution in [0.3, 0.4) is 0 Å². The van der Waals surface area contributed by atoms with Gasteiger partial charge in [-0.3, -0.25) is 4.68 Å². The number of methoxy groups -OCH3 is 1. The maximum Gasteiger partial charge on any atom is 0.181 e. The van der Waals surface area contributed by atoms with Crippen LogP contribution in [0.15, 0.2) is 30.5 Å². The Balaban J connectivity index is 2.05. The van der Waals surface area contributed by atoms with Crippen molar-refractivity contribution in [3.05, 3.63) is 36.3 Å². The van der Waals surface area contributed by atoms with Crippen LogP contribution in [0.25, 0.3) is 22.3 Å². The van der Waals surface area contributed by atoms with Crippen LogP contribution in [0.2, 0.25) is 0 Å². The maximum absolute atomic E-state index is 5.10. The lowest BCUT2D eigenvalue weighted by Crippen LogP contribution is -2.00. The average molecular weight is 256 g/mol. The minimum absolute atomic E-state index is 0.469. The van der Waals surface area contributed by atoms with Gasteiger partial charge in [-0.05, 0) is 24.3 Å². The third-order valence-corrected chi connectivity index (χ3v) is 3.27. The number of hydrogen-bond donors (Lipinski definition) is 0. The molecule has 0 saturated heterocycles. The molecule has 0 fully saturated rings. The Hall–Kier alpha value is -2.14. The Morgan fingerprint density at radius 3 is 2.84 bits per heavy atom. The van der Waals surface area contributed by atoms with Crippen LogP contribution in [-0.2, 0) is 25.4 Å².